The quantitative estimate of drug-likeness (QED) is 0.581. The molecule has 1 aromatic heterocycles. The van der Waals surface area contributed by atoms with Crippen molar-refractivity contribution >= 4 is 29.9 Å². The zero-order chi connectivity index (χ0) is 22.3. The summed E-state index contributed by atoms with van der Waals surface area (Å²) in [5.41, 5.74) is 0.498. The van der Waals surface area contributed by atoms with Crippen LogP contribution in [0.3, 0.4) is 0 Å². The topological polar surface area (TPSA) is 127 Å². The van der Waals surface area contributed by atoms with Gasteiger partial charge in [-0.25, -0.2) is 4.79 Å². The van der Waals surface area contributed by atoms with E-state index < -0.39 is 5.97 Å². The van der Waals surface area contributed by atoms with Gasteiger partial charge in [0.2, 0.25) is 0 Å². The van der Waals surface area contributed by atoms with Crippen molar-refractivity contribution in [2.75, 3.05) is 45.2 Å². The first kappa shape index (κ1) is 23.7. The van der Waals surface area contributed by atoms with E-state index in [0.717, 1.165) is 19.4 Å². The summed E-state index contributed by atoms with van der Waals surface area (Å²) < 4.78 is 5.41. The molecule has 2 heterocycles. The summed E-state index contributed by atoms with van der Waals surface area (Å²) in [6.07, 6.45) is 1.51. The van der Waals surface area contributed by atoms with Crippen LogP contribution in [-0.4, -0.2) is 78.2 Å². The summed E-state index contributed by atoms with van der Waals surface area (Å²) in [5, 5.41) is 31.1. The maximum absolute atomic E-state index is 11.9. The standard InChI is InChI=1S/C19H24ClN3O4.CH2O2/c1-22(2)11-19(12-24)7-9-23(10-8-19)17-15(18(25)26)16(27-21-17)13-3-5-14(20)6-4-13;2-1-3/h3-6,24H,7-12H2,1-2H3,(H,25,26);1H,(H,2,3). The predicted octanol–water partition coefficient (Wildman–Crippen LogP) is 2.53. The van der Waals surface area contributed by atoms with E-state index in [1.54, 1.807) is 24.3 Å². The fraction of sp³-hybridized carbons (Fsp3) is 0.450. The van der Waals surface area contributed by atoms with E-state index in [1.807, 2.05) is 19.0 Å². The number of carboxylic acid groups (broad SMARTS) is 2. The molecule has 1 fully saturated rings. The van der Waals surface area contributed by atoms with E-state index in [2.05, 4.69) is 10.1 Å². The second-order valence-electron chi connectivity index (χ2n) is 7.51. The molecule has 0 atom stereocenters. The fourth-order valence-electron chi connectivity index (χ4n) is 3.72. The van der Waals surface area contributed by atoms with E-state index in [1.165, 1.54) is 0 Å². The molecule has 10 heteroatoms. The molecule has 1 aliphatic heterocycles. The highest BCUT2D eigenvalue weighted by molar-refractivity contribution is 6.30. The van der Waals surface area contributed by atoms with Crippen LogP contribution in [-0.2, 0) is 4.79 Å². The number of halogens is 1. The van der Waals surface area contributed by atoms with Gasteiger partial charge >= 0.3 is 5.97 Å². The zero-order valence-electron chi connectivity index (χ0n) is 16.9. The molecular formula is C20H26ClN3O6. The molecule has 9 nitrogen and oxygen atoms in total. The monoisotopic (exact) mass is 439 g/mol. The summed E-state index contributed by atoms with van der Waals surface area (Å²) in [7, 11) is 3.98. The molecule has 164 valence electrons. The van der Waals surface area contributed by atoms with Crippen molar-refractivity contribution in [3.05, 3.63) is 34.9 Å². The summed E-state index contributed by atoms with van der Waals surface area (Å²) in [5.74, 6) is -0.520. The van der Waals surface area contributed by atoms with Gasteiger partial charge in [-0.3, -0.25) is 4.79 Å². The number of nitrogens with zero attached hydrogens (tertiary/aromatic N) is 3. The van der Waals surface area contributed by atoms with Crippen molar-refractivity contribution in [3.8, 4) is 11.3 Å². The van der Waals surface area contributed by atoms with Gasteiger partial charge < -0.3 is 29.6 Å². The van der Waals surface area contributed by atoms with Gasteiger partial charge in [-0.15, -0.1) is 0 Å². The molecule has 1 aliphatic rings. The highest BCUT2D eigenvalue weighted by Crippen LogP contribution is 2.37. The van der Waals surface area contributed by atoms with Crippen molar-refractivity contribution in [2.24, 2.45) is 5.41 Å². The Morgan fingerprint density at radius 1 is 1.30 bits per heavy atom. The Morgan fingerprint density at radius 3 is 2.33 bits per heavy atom. The van der Waals surface area contributed by atoms with Gasteiger partial charge in [0.05, 0.1) is 6.61 Å². The van der Waals surface area contributed by atoms with Crippen LogP contribution < -0.4 is 4.90 Å². The van der Waals surface area contributed by atoms with Gasteiger partial charge in [-0.05, 0) is 51.2 Å². The number of benzene rings is 1. The Balaban J connectivity index is 0.00000101. The summed E-state index contributed by atoms with van der Waals surface area (Å²) >= 11 is 5.91. The second-order valence-corrected chi connectivity index (χ2v) is 7.95. The normalized spacial score (nSPS) is 15.4. The first-order valence-corrected chi connectivity index (χ1v) is 9.72. The Kier molecular flexibility index (Phi) is 8.22. The van der Waals surface area contributed by atoms with Crippen LogP contribution in [0.5, 0.6) is 0 Å². The number of carboxylic acids is 1. The van der Waals surface area contributed by atoms with Crippen molar-refractivity contribution in [2.45, 2.75) is 12.8 Å². The minimum absolute atomic E-state index is 0.0569. The molecule has 0 spiro atoms. The number of carbonyl (C=O) groups is 2. The molecule has 0 unspecified atom stereocenters. The second kappa shape index (κ2) is 10.4. The minimum atomic E-state index is -1.08. The first-order valence-electron chi connectivity index (χ1n) is 9.34. The SMILES string of the molecule is CN(C)CC1(CO)CCN(c2noc(-c3ccc(Cl)cc3)c2C(=O)O)CC1.O=CO. The predicted molar refractivity (Wildman–Crippen MR) is 112 cm³/mol. The largest absolute Gasteiger partial charge is 0.483 e. The molecular weight excluding hydrogens is 414 g/mol. The third kappa shape index (κ3) is 5.50. The van der Waals surface area contributed by atoms with Crippen LogP contribution in [0.4, 0.5) is 5.82 Å². The van der Waals surface area contributed by atoms with E-state index in [9.17, 15) is 15.0 Å². The van der Waals surface area contributed by atoms with Crippen molar-refractivity contribution < 1.29 is 29.4 Å². The molecule has 0 radical (unpaired) electrons. The molecule has 3 rings (SSSR count). The average molecular weight is 440 g/mol. The molecule has 0 aliphatic carbocycles. The van der Waals surface area contributed by atoms with Crippen LogP contribution >= 0.6 is 11.6 Å². The van der Waals surface area contributed by atoms with Crippen molar-refractivity contribution in [1.29, 1.82) is 0 Å². The Morgan fingerprint density at radius 2 is 1.87 bits per heavy atom. The first-order chi connectivity index (χ1) is 14.3. The molecule has 1 aromatic carbocycles. The lowest BCUT2D eigenvalue weighted by Crippen LogP contribution is -2.47. The number of aliphatic hydroxyl groups is 1. The average Bonchev–Trinajstić information content (AvgIpc) is 3.14. The zero-order valence-corrected chi connectivity index (χ0v) is 17.7. The molecule has 2 aromatic rings. The number of anilines is 1. The van der Waals surface area contributed by atoms with Crippen LogP contribution in [0, 0.1) is 5.41 Å². The van der Waals surface area contributed by atoms with E-state index in [-0.39, 0.29) is 29.8 Å². The van der Waals surface area contributed by atoms with Gasteiger partial charge in [0.25, 0.3) is 6.47 Å². The number of aromatic carboxylic acids is 1. The minimum Gasteiger partial charge on any atom is -0.483 e. The number of hydrogen-bond acceptors (Lipinski definition) is 7. The van der Waals surface area contributed by atoms with E-state index in [4.69, 9.17) is 26.0 Å². The molecule has 1 saturated heterocycles. The maximum Gasteiger partial charge on any atom is 0.343 e. The molecule has 3 N–H and O–H groups in total. The van der Waals surface area contributed by atoms with E-state index >= 15 is 0 Å². The van der Waals surface area contributed by atoms with Gasteiger partial charge in [0.1, 0.15) is 0 Å². The van der Waals surface area contributed by atoms with Crippen LogP contribution in [0.1, 0.15) is 23.2 Å². The highest BCUT2D eigenvalue weighted by Gasteiger charge is 2.37. The lowest BCUT2D eigenvalue weighted by atomic mass is 9.78. The number of rotatable bonds is 6. The van der Waals surface area contributed by atoms with Gasteiger partial charge in [-0.2, -0.15) is 0 Å². The third-order valence-corrected chi connectivity index (χ3v) is 5.36. The summed E-state index contributed by atoms with van der Waals surface area (Å²) in [6.45, 7) is 1.88. The number of aromatic nitrogens is 1. The van der Waals surface area contributed by atoms with Crippen molar-refractivity contribution in [3.63, 3.8) is 0 Å². The molecule has 0 amide bonds. The van der Waals surface area contributed by atoms with Gasteiger partial charge in [0.15, 0.2) is 17.1 Å². The molecule has 0 saturated carbocycles. The fourth-order valence-corrected chi connectivity index (χ4v) is 3.84. The van der Waals surface area contributed by atoms with Crippen molar-refractivity contribution in [1.82, 2.24) is 10.1 Å². The maximum atomic E-state index is 11.9. The Labute approximate surface area is 179 Å². The lowest BCUT2D eigenvalue weighted by molar-refractivity contribution is -0.122. The van der Waals surface area contributed by atoms with E-state index in [0.29, 0.717) is 29.5 Å². The number of hydrogen-bond donors (Lipinski definition) is 3. The molecule has 0 bridgehead atoms. The van der Waals surface area contributed by atoms with Gasteiger partial charge in [0, 0.05) is 35.6 Å². The third-order valence-electron chi connectivity index (χ3n) is 5.11. The number of aliphatic hydroxyl groups excluding tert-OH is 1. The Bertz CT molecular complexity index is 845. The lowest BCUT2D eigenvalue weighted by Gasteiger charge is -2.42. The Hall–Kier alpha value is -2.62. The highest BCUT2D eigenvalue weighted by atomic mass is 35.5. The van der Waals surface area contributed by atoms with Crippen LogP contribution in [0.15, 0.2) is 28.8 Å². The molecule has 30 heavy (non-hydrogen) atoms. The summed E-state index contributed by atoms with van der Waals surface area (Å²) in [6, 6.07) is 6.79. The summed E-state index contributed by atoms with van der Waals surface area (Å²) in [4.78, 5) is 24.3. The van der Waals surface area contributed by atoms with Gasteiger partial charge in [-0.1, -0.05) is 16.8 Å². The smallest absolute Gasteiger partial charge is 0.343 e. The van der Waals surface area contributed by atoms with Crippen LogP contribution in [0.2, 0.25) is 5.02 Å². The van der Waals surface area contributed by atoms with Crippen LogP contribution in [0.25, 0.3) is 11.3 Å². The number of piperidine rings is 1.